The molecule has 0 radical (unpaired) electrons. The van der Waals surface area contributed by atoms with Gasteiger partial charge < -0.3 is 5.73 Å². The summed E-state index contributed by atoms with van der Waals surface area (Å²) in [5, 5.41) is 0. The van der Waals surface area contributed by atoms with Crippen LogP contribution in [0.15, 0.2) is 42.5 Å². The van der Waals surface area contributed by atoms with Crippen molar-refractivity contribution >= 4 is 0 Å². The van der Waals surface area contributed by atoms with Crippen LogP contribution in [0.2, 0.25) is 0 Å². The summed E-state index contributed by atoms with van der Waals surface area (Å²) < 4.78 is 26.6. The van der Waals surface area contributed by atoms with Gasteiger partial charge in [0.05, 0.1) is 5.54 Å². The zero-order valence-corrected chi connectivity index (χ0v) is 11.1. The van der Waals surface area contributed by atoms with E-state index in [2.05, 4.69) is 6.92 Å². The lowest BCUT2D eigenvalue weighted by molar-refractivity contribution is 0.550. The number of hydrogen-bond acceptors (Lipinski definition) is 1. The first-order chi connectivity index (χ1) is 8.93. The molecular formula is C16H17F2N. The molecule has 2 rings (SSSR count). The molecule has 0 saturated heterocycles. The number of aryl methyl sites for hydroxylation is 1. The van der Waals surface area contributed by atoms with Gasteiger partial charge in [0, 0.05) is 6.07 Å². The zero-order valence-electron chi connectivity index (χ0n) is 11.1. The first-order valence-electron chi connectivity index (χ1n) is 6.28. The summed E-state index contributed by atoms with van der Waals surface area (Å²) in [7, 11) is 0. The molecule has 0 aliphatic carbocycles. The van der Waals surface area contributed by atoms with E-state index in [9.17, 15) is 8.78 Å². The quantitative estimate of drug-likeness (QED) is 0.894. The van der Waals surface area contributed by atoms with Crippen LogP contribution in [0.25, 0.3) is 0 Å². The Labute approximate surface area is 112 Å². The molecule has 0 fully saturated rings. The third-order valence-corrected chi connectivity index (χ3v) is 3.42. The number of rotatable bonds is 3. The summed E-state index contributed by atoms with van der Waals surface area (Å²) in [6, 6.07) is 11.2. The molecule has 2 aromatic rings. The second-order valence-corrected chi connectivity index (χ2v) is 4.91. The second-order valence-electron chi connectivity index (χ2n) is 4.91. The Hall–Kier alpha value is -1.74. The maximum Gasteiger partial charge on any atom is 0.126 e. The average Bonchev–Trinajstić information content (AvgIpc) is 2.37. The Morgan fingerprint density at radius 1 is 0.947 bits per heavy atom. The minimum Gasteiger partial charge on any atom is -0.318 e. The SMILES string of the molecule is CCc1ccc(C(C)(N)c2cc(F)cc(F)c2)cc1. The van der Waals surface area contributed by atoms with Gasteiger partial charge in [-0.2, -0.15) is 0 Å². The predicted octanol–water partition coefficient (Wildman–Crippen LogP) is 3.75. The summed E-state index contributed by atoms with van der Waals surface area (Å²) in [4.78, 5) is 0. The molecule has 0 aliphatic rings. The van der Waals surface area contributed by atoms with Crippen molar-refractivity contribution in [2.45, 2.75) is 25.8 Å². The molecule has 2 N–H and O–H groups in total. The van der Waals surface area contributed by atoms with Crippen molar-refractivity contribution in [1.29, 1.82) is 0 Å². The molecule has 3 heteroatoms. The Morgan fingerprint density at radius 3 is 1.95 bits per heavy atom. The van der Waals surface area contributed by atoms with Crippen LogP contribution in [0.1, 0.15) is 30.5 Å². The van der Waals surface area contributed by atoms with Crippen LogP contribution < -0.4 is 5.73 Å². The van der Waals surface area contributed by atoms with Crippen LogP contribution in [-0.2, 0) is 12.0 Å². The summed E-state index contributed by atoms with van der Waals surface area (Å²) in [6.07, 6.45) is 0.941. The molecule has 0 aromatic heterocycles. The van der Waals surface area contributed by atoms with E-state index in [0.29, 0.717) is 5.56 Å². The maximum absolute atomic E-state index is 13.3. The minimum atomic E-state index is -0.921. The van der Waals surface area contributed by atoms with Gasteiger partial charge in [-0.1, -0.05) is 31.2 Å². The lowest BCUT2D eigenvalue weighted by Crippen LogP contribution is -2.34. The molecule has 0 bridgehead atoms. The van der Waals surface area contributed by atoms with Gasteiger partial charge in [-0.05, 0) is 42.2 Å². The summed E-state index contributed by atoms with van der Waals surface area (Å²) >= 11 is 0. The molecule has 2 aromatic carbocycles. The number of hydrogen-bond donors (Lipinski definition) is 1. The lowest BCUT2D eigenvalue weighted by Gasteiger charge is -2.26. The summed E-state index contributed by atoms with van der Waals surface area (Å²) in [5.74, 6) is -1.23. The van der Waals surface area contributed by atoms with Gasteiger partial charge in [0.15, 0.2) is 0 Å². The molecule has 1 nitrogen and oxygen atoms in total. The normalized spacial score (nSPS) is 14.2. The van der Waals surface area contributed by atoms with E-state index in [1.165, 1.54) is 17.7 Å². The van der Waals surface area contributed by atoms with E-state index in [1.807, 2.05) is 24.3 Å². The number of nitrogens with two attached hydrogens (primary N) is 1. The van der Waals surface area contributed by atoms with E-state index in [0.717, 1.165) is 18.1 Å². The predicted molar refractivity (Wildman–Crippen MR) is 72.8 cm³/mol. The van der Waals surface area contributed by atoms with Gasteiger partial charge in [0.25, 0.3) is 0 Å². The molecule has 1 atom stereocenters. The van der Waals surface area contributed by atoms with E-state index in [1.54, 1.807) is 6.92 Å². The highest BCUT2D eigenvalue weighted by molar-refractivity contribution is 5.38. The van der Waals surface area contributed by atoms with Crippen molar-refractivity contribution in [3.63, 3.8) is 0 Å². The maximum atomic E-state index is 13.3. The van der Waals surface area contributed by atoms with Crippen molar-refractivity contribution in [3.8, 4) is 0 Å². The van der Waals surface area contributed by atoms with Gasteiger partial charge in [0.2, 0.25) is 0 Å². The van der Waals surface area contributed by atoms with Crippen molar-refractivity contribution in [1.82, 2.24) is 0 Å². The van der Waals surface area contributed by atoms with Crippen LogP contribution in [0, 0.1) is 11.6 Å². The van der Waals surface area contributed by atoms with E-state index < -0.39 is 17.2 Å². The zero-order chi connectivity index (χ0) is 14.0. The van der Waals surface area contributed by atoms with E-state index in [-0.39, 0.29) is 0 Å². The minimum absolute atomic E-state index is 0.425. The first kappa shape index (κ1) is 13.7. The fourth-order valence-corrected chi connectivity index (χ4v) is 2.11. The molecule has 0 amide bonds. The standard InChI is InChI=1S/C16H17F2N/c1-3-11-4-6-12(7-5-11)16(2,19)13-8-14(17)10-15(18)9-13/h4-10H,3,19H2,1-2H3. The van der Waals surface area contributed by atoms with Crippen LogP contribution in [0.4, 0.5) is 8.78 Å². The number of halogens is 2. The first-order valence-corrected chi connectivity index (χ1v) is 6.28. The van der Waals surface area contributed by atoms with Gasteiger partial charge in [-0.15, -0.1) is 0 Å². The fourth-order valence-electron chi connectivity index (χ4n) is 2.11. The topological polar surface area (TPSA) is 26.0 Å². The highest BCUT2D eigenvalue weighted by atomic mass is 19.1. The van der Waals surface area contributed by atoms with E-state index >= 15 is 0 Å². The van der Waals surface area contributed by atoms with Crippen LogP contribution in [0.5, 0.6) is 0 Å². The Morgan fingerprint density at radius 2 is 1.47 bits per heavy atom. The molecule has 0 heterocycles. The number of benzene rings is 2. The van der Waals surface area contributed by atoms with Crippen molar-refractivity contribution < 1.29 is 8.78 Å². The third kappa shape index (κ3) is 2.82. The van der Waals surface area contributed by atoms with Crippen LogP contribution in [0.3, 0.4) is 0 Å². The second kappa shape index (κ2) is 5.10. The van der Waals surface area contributed by atoms with Gasteiger partial charge in [-0.25, -0.2) is 8.78 Å². The highest BCUT2D eigenvalue weighted by Crippen LogP contribution is 2.28. The summed E-state index contributed by atoms with van der Waals surface area (Å²) in [5.41, 5.74) is 7.79. The van der Waals surface area contributed by atoms with Gasteiger partial charge >= 0.3 is 0 Å². The van der Waals surface area contributed by atoms with Crippen LogP contribution >= 0.6 is 0 Å². The Balaban J connectivity index is 2.44. The lowest BCUT2D eigenvalue weighted by atomic mass is 9.85. The van der Waals surface area contributed by atoms with Crippen molar-refractivity contribution in [2.75, 3.05) is 0 Å². The molecule has 0 spiro atoms. The molecule has 0 saturated carbocycles. The molecule has 1 unspecified atom stereocenters. The molecular weight excluding hydrogens is 244 g/mol. The molecule has 19 heavy (non-hydrogen) atoms. The Kier molecular flexibility index (Phi) is 3.67. The molecule has 100 valence electrons. The highest BCUT2D eigenvalue weighted by Gasteiger charge is 2.24. The van der Waals surface area contributed by atoms with Crippen molar-refractivity contribution in [3.05, 3.63) is 70.8 Å². The third-order valence-electron chi connectivity index (χ3n) is 3.42. The largest absolute Gasteiger partial charge is 0.318 e. The monoisotopic (exact) mass is 261 g/mol. The average molecular weight is 261 g/mol. The Bertz CT molecular complexity index is 554. The smallest absolute Gasteiger partial charge is 0.126 e. The van der Waals surface area contributed by atoms with Gasteiger partial charge in [0.1, 0.15) is 11.6 Å². The summed E-state index contributed by atoms with van der Waals surface area (Å²) in [6.45, 7) is 3.82. The molecule has 0 aliphatic heterocycles. The fraction of sp³-hybridized carbons (Fsp3) is 0.250. The van der Waals surface area contributed by atoms with E-state index in [4.69, 9.17) is 5.73 Å². The van der Waals surface area contributed by atoms with Crippen LogP contribution in [-0.4, -0.2) is 0 Å². The van der Waals surface area contributed by atoms with Crippen molar-refractivity contribution in [2.24, 2.45) is 5.73 Å². The van der Waals surface area contributed by atoms with Gasteiger partial charge in [-0.3, -0.25) is 0 Å².